The summed E-state index contributed by atoms with van der Waals surface area (Å²) in [6, 6.07) is 9.93. The van der Waals surface area contributed by atoms with E-state index in [0.717, 1.165) is 29.3 Å². The highest BCUT2D eigenvalue weighted by molar-refractivity contribution is 5.89. The van der Waals surface area contributed by atoms with E-state index in [0.29, 0.717) is 25.2 Å². The summed E-state index contributed by atoms with van der Waals surface area (Å²) in [6.07, 6.45) is 6.32. The Balaban J connectivity index is 1.77. The Bertz CT molecular complexity index is 621. The highest BCUT2D eigenvalue weighted by Crippen LogP contribution is 2.43. The normalized spacial score (nSPS) is 16.9. The van der Waals surface area contributed by atoms with Gasteiger partial charge in [-0.2, -0.15) is 0 Å². The van der Waals surface area contributed by atoms with Crippen LogP contribution in [0.3, 0.4) is 0 Å². The zero-order valence-corrected chi connectivity index (χ0v) is 11.6. The van der Waals surface area contributed by atoms with Gasteiger partial charge in [-0.15, -0.1) is 0 Å². The highest BCUT2D eigenvalue weighted by Gasteiger charge is 2.37. The van der Waals surface area contributed by atoms with Crippen LogP contribution in [0.2, 0.25) is 0 Å². The van der Waals surface area contributed by atoms with E-state index in [-0.39, 0.29) is 5.41 Å². The molecule has 1 aromatic carbocycles. The number of hydrogen-bond acceptors (Lipinski definition) is 3. The van der Waals surface area contributed by atoms with Gasteiger partial charge in [0.05, 0.1) is 5.52 Å². The fourth-order valence-electron chi connectivity index (χ4n) is 3.13. The fourth-order valence-corrected chi connectivity index (χ4v) is 3.13. The summed E-state index contributed by atoms with van der Waals surface area (Å²) < 4.78 is 0. The van der Waals surface area contributed by atoms with Crippen molar-refractivity contribution in [2.24, 2.45) is 11.1 Å². The van der Waals surface area contributed by atoms with E-state index >= 15 is 0 Å². The highest BCUT2D eigenvalue weighted by atomic mass is 16.1. The van der Waals surface area contributed by atoms with Crippen LogP contribution in [0.1, 0.15) is 31.2 Å². The van der Waals surface area contributed by atoms with Gasteiger partial charge in [0, 0.05) is 24.4 Å². The molecule has 0 saturated heterocycles. The number of nitrogens with zero attached hydrogens (tertiary/aromatic N) is 1. The number of fused-ring (bicyclic) bond motifs is 1. The molecule has 2 N–H and O–H groups in total. The van der Waals surface area contributed by atoms with Crippen LogP contribution in [0.4, 0.5) is 0 Å². The van der Waals surface area contributed by atoms with Gasteiger partial charge in [-0.25, -0.2) is 0 Å². The molecule has 0 spiro atoms. The van der Waals surface area contributed by atoms with Gasteiger partial charge in [-0.1, -0.05) is 24.6 Å². The number of carbonyl (C=O) groups is 1. The van der Waals surface area contributed by atoms with Crippen LogP contribution in [0, 0.1) is 5.41 Å². The zero-order valence-electron chi connectivity index (χ0n) is 11.6. The van der Waals surface area contributed by atoms with Crippen LogP contribution in [0.25, 0.3) is 10.9 Å². The van der Waals surface area contributed by atoms with Crippen molar-refractivity contribution in [3.8, 4) is 0 Å². The minimum atomic E-state index is 0.0971. The minimum absolute atomic E-state index is 0.0971. The third kappa shape index (κ3) is 2.46. The Morgan fingerprint density at radius 3 is 2.75 bits per heavy atom. The maximum atomic E-state index is 12.3. The number of nitrogens with two attached hydrogens (primary N) is 1. The molecule has 3 nitrogen and oxygen atoms in total. The number of ketones is 1. The maximum absolute atomic E-state index is 12.3. The van der Waals surface area contributed by atoms with Crippen molar-refractivity contribution in [1.82, 2.24) is 4.98 Å². The first-order valence-electron chi connectivity index (χ1n) is 7.27. The molecule has 0 radical (unpaired) electrons. The number of pyridine rings is 1. The van der Waals surface area contributed by atoms with Crippen molar-refractivity contribution in [2.75, 3.05) is 6.54 Å². The molecule has 0 bridgehead atoms. The van der Waals surface area contributed by atoms with E-state index in [4.69, 9.17) is 5.73 Å². The second-order valence-electron chi connectivity index (χ2n) is 5.94. The Morgan fingerprint density at radius 2 is 2.05 bits per heavy atom. The number of rotatable bonds is 5. The Kier molecular flexibility index (Phi) is 3.53. The van der Waals surface area contributed by atoms with Crippen molar-refractivity contribution in [2.45, 2.75) is 32.1 Å². The monoisotopic (exact) mass is 268 g/mol. The standard InChI is InChI=1S/C17H20N2O/c18-12-17(7-3-8-17)11-14(20)10-13-6-9-19-16-5-2-1-4-15(13)16/h1-2,4-6,9H,3,7-8,10-12,18H2. The van der Waals surface area contributed by atoms with Crippen molar-refractivity contribution in [3.63, 3.8) is 0 Å². The molecule has 0 atom stereocenters. The molecule has 3 rings (SSSR count). The summed E-state index contributed by atoms with van der Waals surface area (Å²) in [7, 11) is 0. The summed E-state index contributed by atoms with van der Waals surface area (Å²) in [5, 5.41) is 1.08. The average Bonchev–Trinajstić information content (AvgIpc) is 2.43. The lowest BCUT2D eigenvalue weighted by Gasteiger charge is -2.40. The van der Waals surface area contributed by atoms with E-state index in [2.05, 4.69) is 4.98 Å². The van der Waals surface area contributed by atoms with Gasteiger partial charge in [0.1, 0.15) is 5.78 Å². The summed E-state index contributed by atoms with van der Waals surface area (Å²) in [4.78, 5) is 16.7. The van der Waals surface area contributed by atoms with Crippen LogP contribution in [-0.2, 0) is 11.2 Å². The van der Waals surface area contributed by atoms with Gasteiger partial charge in [-0.05, 0) is 42.5 Å². The van der Waals surface area contributed by atoms with Crippen LogP contribution in [-0.4, -0.2) is 17.3 Å². The second kappa shape index (κ2) is 5.33. The van der Waals surface area contributed by atoms with E-state index in [1.54, 1.807) is 6.20 Å². The third-order valence-electron chi connectivity index (χ3n) is 4.55. The fraction of sp³-hybridized carbons (Fsp3) is 0.412. The summed E-state index contributed by atoms with van der Waals surface area (Å²) in [6.45, 7) is 0.635. The second-order valence-corrected chi connectivity index (χ2v) is 5.94. The Hall–Kier alpha value is -1.74. The molecule has 0 aliphatic heterocycles. The number of benzene rings is 1. The predicted octanol–water partition coefficient (Wildman–Crippen LogP) is 2.87. The number of para-hydroxylation sites is 1. The Labute approximate surface area is 119 Å². The van der Waals surface area contributed by atoms with Crippen LogP contribution < -0.4 is 5.73 Å². The van der Waals surface area contributed by atoms with E-state index < -0.39 is 0 Å². The number of hydrogen-bond donors (Lipinski definition) is 1. The Morgan fingerprint density at radius 1 is 1.25 bits per heavy atom. The van der Waals surface area contributed by atoms with Crippen molar-refractivity contribution < 1.29 is 4.79 Å². The molecule has 1 heterocycles. The molecule has 2 aromatic rings. The summed E-state index contributed by atoms with van der Waals surface area (Å²) in [5.41, 5.74) is 7.97. The summed E-state index contributed by atoms with van der Waals surface area (Å²) >= 11 is 0. The topological polar surface area (TPSA) is 56.0 Å². The first kappa shape index (κ1) is 13.3. The lowest BCUT2D eigenvalue weighted by Crippen LogP contribution is -2.39. The van der Waals surface area contributed by atoms with E-state index in [1.165, 1.54) is 6.42 Å². The zero-order chi connectivity index (χ0) is 14.0. The van der Waals surface area contributed by atoms with Crippen molar-refractivity contribution in [1.29, 1.82) is 0 Å². The molecule has 0 amide bonds. The van der Waals surface area contributed by atoms with Gasteiger partial charge in [0.15, 0.2) is 0 Å². The molecule has 1 saturated carbocycles. The lowest BCUT2D eigenvalue weighted by molar-refractivity contribution is -0.121. The van der Waals surface area contributed by atoms with E-state index in [1.807, 2.05) is 30.3 Å². The molecule has 1 fully saturated rings. The van der Waals surface area contributed by atoms with Gasteiger partial charge < -0.3 is 5.73 Å². The molecule has 1 aromatic heterocycles. The smallest absolute Gasteiger partial charge is 0.137 e. The van der Waals surface area contributed by atoms with Gasteiger partial charge in [0.25, 0.3) is 0 Å². The van der Waals surface area contributed by atoms with Crippen LogP contribution in [0.5, 0.6) is 0 Å². The third-order valence-corrected chi connectivity index (χ3v) is 4.55. The molecule has 3 heteroatoms. The first-order valence-corrected chi connectivity index (χ1v) is 7.27. The largest absolute Gasteiger partial charge is 0.330 e. The van der Waals surface area contributed by atoms with Gasteiger partial charge in [-0.3, -0.25) is 9.78 Å². The molecular weight excluding hydrogens is 248 g/mol. The molecule has 104 valence electrons. The molecule has 1 aliphatic carbocycles. The number of aromatic nitrogens is 1. The average molecular weight is 268 g/mol. The first-order chi connectivity index (χ1) is 9.72. The molecule has 1 aliphatic rings. The molecular formula is C17H20N2O. The van der Waals surface area contributed by atoms with Gasteiger partial charge in [0.2, 0.25) is 0 Å². The quantitative estimate of drug-likeness (QED) is 0.907. The van der Waals surface area contributed by atoms with Gasteiger partial charge >= 0.3 is 0 Å². The molecule has 20 heavy (non-hydrogen) atoms. The summed E-state index contributed by atoms with van der Waals surface area (Å²) in [5.74, 6) is 0.298. The van der Waals surface area contributed by atoms with Crippen molar-refractivity contribution >= 4 is 16.7 Å². The van der Waals surface area contributed by atoms with Crippen LogP contribution in [0.15, 0.2) is 36.5 Å². The van der Waals surface area contributed by atoms with E-state index in [9.17, 15) is 4.79 Å². The lowest BCUT2D eigenvalue weighted by atomic mass is 9.65. The molecule has 0 unspecified atom stereocenters. The van der Waals surface area contributed by atoms with Crippen molar-refractivity contribution in [3.05, 3.63) is 42.1 Å². The minimum Gasteiger partial charge on any atom is -0.330 e. The number of carbonyl (C=O) groups excluding carboxylic acids is 1. The van der Waals surface area contributed by atoms with Crippen LogP contribution >= 0.6 is 0 Å². The predicted molar refractivity (Wildman–Crippen MR) is 80.4 cm³/mol. The SMILES string of the molecule is NCC1(CC(=O)Cc2ccnc3ccccc23)CCC1. The number of Topliss-reactive ketones (excluding diaryl/α,β-unsaturated/α-hetero) is 1. The maximum Gasteiger partial charge on any atom is 0.137 e.